The molecule has 0 radical (unpaired) electrons. The van der Waals surface area contributed by atoms with E-state index in [1.807, 2.05) is 24.3 Å². The highest BCUT2D eigenvalue weighted by atomic mass is 35.5. The fraction of sp³-hybridized carbons (Fsp3) is 0.350. The molecule has 1 fully saturated rings. The van der Waals surface area contributed by atoms with Crippen molar-refractivity contribution in [1.29, 1.82) is 0 Å². The molecule has 1 amide bonds. The molecular weight excluding hydrogens is 366 g/mol. The topological polar surface area (TPSA) is 71.5 Å². The summed E-state index contributed by atoms with van der Waals surface area (Å²) < 4.78 is 4.63. The van der Waals surface area contributed by atoms with E-state index in [-0.39, 0.29) is 17.6 Å². The van der Waals surface area contributed by atoms with Gasteiger partial charge in [0, 0.05) is 30.4 Å². The van der Waals surface area contributed by atoms with Crippen LogP contribution >= 0.6 is 11.6 Å². The van der Waals surface area contributed by atoms with Gasteiger partial charge < -0.3 is 10.1 Å². The molecule has 1 aromatic carbocycles. The van der Waals surface area contributed by atoms with Gasteiger partial charge in [-0.05, 0) is 49.2 Å². The summed E-state index contributed by atoms with van der Waals surface area (Å²) >= 11 is 5.94. The van der Waals surface area contributed by atoms with Crippen molar-refractivity contribution in [3.05, 3.63) is 64.4 Å². The van der Waals surface area contributed by atoms with Gasteiger partial charge in [0.05, 0.1) is 12.7 Å². The lowest BCUT2D eigenvalue weighted by Crippen LogP contribution is -2.47. The smallest absolute Gasteiger partial charge is 0.339 e. The minimum atomic E-state index is -0.473. The number of carbonyl (C=O) groups is 2. The second-order valence-electron chi connectivity index (χ2n) is 6.60. The number of likely N-dealkylation sites (tertiary alicyclic amines) is 1. The normalized spacial score (nSPS) is 17.3. The summed E-state index contributed by atoms with van der Waals surface area (Å²) in [7, 11) is 1.31. The summed E-state index contributed by atoms with van der Waals surface area (Å²) in [5.74, 6) is -0.704. The Morgan fingerprint density at radius 3 is 2.70 bits per heavy atom. The molecule has 7 heteroatoms. The molecule has 1 aliphatic heterocycles. The lowest BCUT2D eigenvalue weighted by Gasteiger charge is -2.33. The Morgan fingerprint density at radius 2 is 2.04 bits per heavy atom. The van der Waals surface area contributed by atoms with E-state index in [0.29, 0.717) is 5.56 Å². The molecule has 0 bridgehead atoms. The zero-order valence-corrected chi connectivity index (χ0v) is 15.9. The first-order valence-electron chi connectivity index (χ1n) is 8.87. The van der Waals surface area contributed by atoms with Crippen molar-refractivity contribution < 1.29 is 14.3 Å². The number of benzene rings is 1. The number of pyridine rings is 1. The highest BCUT2D eigenvalue weighted by Crippen LogP contribution is 2.16. The van der Waals surface area contributed by atoms with Gasteiger partial charge in [-0.3, -0.25) is 14.7 Å². The van der Waals surface area contributed by atoms with Crippen LogP contribution in [0.5, 0.6) is 0 Å². The number of carbonyl (C=O) groups excluding carboxylic acids is 2. The summed E-state index contributed by atoms with van der Waals surface area (Å²) in [4.78, 5) is 30.3. The van der Waals surface area contributed by atoms with Gasteiger partial charge in [0.1, 0.15) is 5.69 Å². The third-order valence-electron chi connectivity index (χ3n) is 4.58. The Morgan fingerprint density at radius 1 is 1.26 bits per heavy atom. The number of esters is 1. The Labute approximate surface area is 163 Å². The first-order valence-corrected chi connectivity index (χ1v) is 9.25. The van der Waals surface area contributed by atoms with Crippen LogP contribution in [0.1, 0.15) is 39.3 Å². The van der Waals surface area contributed by atoms with Gasteiger partial charge in [-0.25, -0.2) is 4.79 Å². The number of halogens is 1. The zero-order chi connectivity index (χ0) is 19.2. The molecule has 1 N–H and O–H groups in total. The largest absolute Gasteiger partial charge is 0.465 e. The molecule has 0 aliphatic carbocycles. The molecule has 142 valence electrons. The summed E-state index contributed by atoms with van der Waals surface area (Å²) in [6.07, 6.45) is 3.31. The fourth-order valence-corrected chi connectivity index (χ4v) is 3.32. The molecule has 0 unspecified atom stereocenters. The number of methoxy groups -OCH3 is 1. The SMILES string of the molecule is COC(=O)c1ccc(C(=O)N[C@H]2CCCN(Cc3ccc(Cl)cc3)C2)nc1. The van der Waals surface area contributed by atoms with Crippen LogP contribution < -0.4 is 5.32 Å². The summed E-state index contributed by atoms with van der Waals surface area (Å²) in [5.41, 5.74) is 1.81. The molecule has 27 heavy (non-hydrogen) atoms. The van der Waals surface area contributed by atoms with Gasteiger partial charge in [-0.2, -0.15) is 0 Å². The lowest BCUT2D eigenvalue weighted by atomic mass is 10.0. The maximum atomic E-state index is 12.4. The third kappa shape index (κ3) is 5.28. The number of nitrogens with one attached hydrogen (secondary N) is 1. The van der Waals surface area contributed by atoms with Crippen LogP contribution in [0.25, 0.3) is 0 Å². The summed E-state index contributed by atoms with van der Waals surface area (Å²) in [6, 6.07) is 11.0. The molecule has 0 saturated carbocycles. The monoisotopic (exact) mass is 387 g/mol. The van der Waals surface area contributed by atoms with Crippen LogP contribution in [0.4, 0.5) is 0 Å². The van der Waals surface area contributed by atoms with E-state index in [0.717, 1.165) is 37.5 Å². The van der Waals surface area contributed by atoms with E-state index in [1.165, 1.54) is 24.9 Å². The molecule has 1 atom stereocenters. The molecule has 1 saturated heterocycles. The quantitative estimate of drug-likeness (QED) is 0.799. The zero-order valence-electron chi connectivity index (χ0n) is 15.2. The number of nitrogens with zero attached hydrogens (tertiary/aromatic N) is 2. The van der Waals surface area contributed by atoms with E-state index in [9.17, 15) is 9.59 Å². The minimum Gasteiger partial charge on any atom is -0.465 e. The molecular formula is C20H22ClN3O3. The van der Waals surface area contributed by atoms with Crippen molar-refractivity contribution in [3.8, 4) is 0 Å². The average Bonchev–Trinajstić information content (AvgIpc) is 2.69. The molecule has 2 heterocycles. The van der Waals surface area contributed by atoms with Gasteiger partial charge in [-0.1, -0.05) is 23.7 Å². The van der Waals surface area contributed by atoms with Crippen molar-refractivity contribution in [3.63, 3.8) is 0 Å². The number of ether oxygens (including phenoxy) is 1. The van der Waals surface area contributed by atoms with Crippen molar-refractivity contribution in [1.82, 2.24) is 15.2 Å². The number of hydrogen-bond donors (Lipinski definition) is 1. The molecule has 3 rings (SSSR count). The summed E-state index contributed by atoms with van der Waals surface area (Å²) in [6.45, 7) is 2.62. The van der Waals surface area contributed by atoms with Crippen LogP contribution in [-0.2, 0) is 11.3 Å². The van der Waals surface area contributed by atoms with Crippen molar-refractivity contribution >= 4 is 23.5 Å². The van der Waals surface area contributed by atoms with Crippen LogP contribution in [0.3, 0.4) is 0 Å². The minimum absolute atomic E-state index is 0.0700. The molecule has 1 aromatic heterocycles. The Kier molecular flexibility index (Phi) is 6.42. The van der Waals surface area contributed by atoms with E-state index in [1.54, 1.807) is 6.07 Å². The van der Waals surface area contributed by atoms with E-state index < -0.39 is 5.97 Å². The van der Waals surface area contributed by atoms with Gasteiger partial charge in [0.25, 0.3) is 5.91 Å². The number of rotatable bonds is 5. The van der Waals surface area contributed by atoms with Gasteiger partial charge in [0.15, 0.2) is 0 Å². The summed E-state index contributed by atoms with van der Waals surface area (Å²) in [5, 5.41) is 3.77. The molecule has 2 aromatic rings. The predicted octanol–water partition coefficient (Wildman–Crippen LogP) is 2.92. The Hall–Kier alpha value is -2.44. The van der Waals surface area contributed by atoms with Crippen LogP contribution in [0.15, 0.2) is 42.6 Å². The van der Waals surface area contributed by atoms with E-state index in [4.69, 9.17) is 11.6 Å². The second-order valence-corrected chi connectivity index (χ2v) is 7.03. The number of amides is 1. The Balaban J connectivity index is 1.55. The van der Waals surface area contributed by atoms with Crippen LogP contribution in [0, 0.1) is 0 Å². The fourth-order valence-electron chi connectivity index (χ4n) is 3.19. The van der Waals surface area contributed by atoms with Gasteiger partial charge >= 0.3 is 5.97 Å². The molecule has 1 aliphatic rings. The first-order chi connectivity index (χ1) is 13.0. The maximum Gasteiger partial charge on any atom is 0.339 e. The van der Waals surface area contributed by atoms with E-state index >= 15 is 0 Å². The van der Waals surface area contributed by atoms with Gasteiger partial charge in [-0.15, -0.1) is 0 Å². The highest BCUT2D eigenvalue weighted by Gasteiger charge is 2.22. The number of aromatic nitrogens is 1. The van der Waals surface area contributed by atoms with Crippen molar-refractivity contribution in [2.45, 2.75) is 25.4 Å². The van der Waals surface area contributed by atoms with Gasteiger partial charge in [0.2, 0.25) is 0 Å². The standard InChI is InChI=1S/C20H22ClN3O3/c1-27-20(26)15-6-9-18(22-11-15)19(25)23-17-3-2-10-24(13-17)12-14-4-7-16(21)8-5-14/h4-9,11,17H,2-3,10,12-13H2,1H3,(H,23,25)/t17-/m0/s1. The highest BCUT2D eigenvalue weighted by molar-refractivity contribution is 6.30. The molecule has 6 nitrogen and oxygen atoms in total. The van der Waals surface area contributed by atoms with Crippen LogP contribution in [-0.4, -0.2) is 48.0 Å². The average molecular weight is 388 g/mol. The number of piperidine rings is 1. The molecule has 0 spiro atoms. The van der Waals surface area contributed by atoms with Crippen LogP contribution in [0.2, 0.25) is 5.02 Å². The second kappa shape index (κ2) is 8.97. The predicted molar refractivity (Wildman–Crippen MR) is 103 cm³/mol. The van der Waals surface area contributed by atoms with E-state index in [2.05, 4.69) is 19.9 Å². The Bertz CT molecular complexity index is 793. The maximum absolute atomic E-state index is 12.4. The third-order valence-corrected chi connectivity index (χ3v) is 4.83. The lowest BCUT2D eigenvalue weighted by molar-refractivity contribution is 0.0599. The van der Waals surface area contributed by atoms with Crippen molar-refractivity contribution in [2.75, 3.05) is 20.2 Å². The number of hydrogen-bond acceptors (Lipinski definition) is 5. The van der Waals surface area contributed by atoms with Crippen molar-refractivity contribution in [2.24, 2.45) is 0 Å². The first kappa shape index (κ1) is 19.3.